The lowest BCUT2D eigenvalue weighted by atomic mass is 10.2. The molecule has 1 amide bonds. The van der Waals surface area contributed by atoms with Gasteiger partial charge in [0, 0.05) is 0 Å². The molecule has 1 unspecified atom stereocenters. The summed E-state index contributed by atoms with van der Waals surface area (Å²) in [4.78, 5) is 12.2. The fourth-order valence-electron chi connectivity index (χ4n) is 2.92. The summed E-state index contributed by atoms with van der Waals surface area (Å²) in [5.41, 5.74) is 4.52. The second kappa shape index (κ2) is 13.3. The number of carbonyl (C=O) groups excluding carboxylic acids is 1. The van der Waals surface area contributed by atoms with Gasteiger partial charge in [-0.3, -0.25) is 4.79 Å². The maximum Gasteiger partial charge on any atom is 0.280 e. The van der Waals surface area contributed by atoms with E-state index in [0.29, 0.717) is 23.9 Å². The van der Waals surface area contributed by atoms with Crippen molar-refractivity contribution in [2.75, 3.05) is 13.7 Å². The maximum atomic E-state index is 12.2. The molecule has 2 rings (SSSR count). The smallest absolute Gasteiger partial charge is 0.280 e. The van der Waals surface area contributed by atoms with Crippen molar-refractivity contribution in [3.05, 3.63) is 53.6 Å². The van der Waals surface area contributed by atoms with Gasteiger partial charge in [0.05, 0.1) is 19.9 Å². The summed E-state index contributed by atoms with van der Waals surface area (Å²) in [5.74, 6) is 1.67. The Labute approximate surface area is 185 Å². The Morgan fingerprint density at radius 2 is 1.84 bits per heavy atom. The molecule has 0 saturated heterocycles. The minimum atomic E-state index is -0.664. The van der Waals surface area contributed by atoms with Gasteiger partial charge in [-0.15, -0.1) is 0 Å². The van der Waals surface area contributed by atoms with Gasteiger partial charge in [-0.1, -0.05) is 45.2 Å². The molecule has 31 heavy (non-hydrogen) atoms. The SMILES string of the molecule is CCCCCCOc1ccc(C=NNC(=O)C(C)Oc2ccc(CC)cc2)cc1OC. The molecule has 0 fully saturated rings. The molecule has 0 aromatic heterocycles. The van der Waals surface area contributed by atoms with Crippen LogP contribution in [0.5, 0.6) is 17.2 Å². The van der Waals surface area contributed by atoms with Crippen LogP contribution in [0.2, 0.25) is 0 Å². The maximum absolute atomic E-state index is 12.2. The molecule has 2 aromatic carbocycles. The molecule has 1 N–H and O–H groups in total. The third kappa shape index (κ3) is 8.32. The fourth-order valence-corrected chi connectivity index (χ4v) is 2.92. The van der Waals surface area contributed by atoms with E-state index in [4.69, 9.17) is 14.2 Å². The van der Waals surface area contributed by atoms with Crippen molar-refractivity contribution in [2.24, 2.45) is 5.10 Å². The third-order valence-electron chi connectivity index (χ3n) is 4.85. The van der Waals surface area contributed by atoms with Gasteiger partial charge < -0.3 is 14.2 Å². The highest BCUT2D eigenvalue weighted by Crippen LogP contribution is 2.27. The van der Waals surface area contributed by atoms with Gasteiger partial charge in [-0.05, 0) is 61.2 Å². The van der Waals surface area contributed by atoms with E-state index in [-0.39, 0.29) is 5.91 Å². The van der Waals surface area contributed by atoms with Crippen LogP contribution in [0.1, 0.15) is 57.6 Å². The number of unbranched alkanes of at least 4 members (excludes halogenated alkanes) is 3. The van der Waals surface area contributed by atoms with Crippen LogP contribution in [0, 0.1) is 0 Å². The van der Waals surface area contributed by atoms with Gasteiger partial charge in [0.25, 0.3) is 5.91 Å². The highest BCUT2D eigenvalue weighted by Gasteiger charge is 2.14. The number of methoxy groups -OCH3 is 1. The molecular weight excluding hydrogens is 392 g/mol. The van der Waals surface area contributed by atoms with E-state index in [1.807, 2.05) is 42.5 Å². The Balaban J connectivity index is 1.85. The van der Waals surface area contributed by atoms with E-state index >= 15 is 0 Å². The van der Waals surface area contributed by atoms with Crippen molar-refractivity contribution in [3.63, 3.8) is 0 Å². The highest BCUT2D eigenvalue weighted by atomic mass is 16.5. The zero-order valence-corrected chi connectivity index (χ0v) is 19.0. The number of hydrazone groups is 1. The second-order valence-electron chi connectivity index (χ2n) is 7.31. The molecule has 0 saturated carbocycles. The number of nitrogens with zero attached hydrogens (tertiary/aromatic N) is 1. The lowest BCUT2D eigenvalue weighted by Gasteiger charge is -2.13. The van der Waals surface area contributed by atoms with Crippen molar-refractivity contribution in [1.29, 1.82) is 0 Å². The van der Waals surface area contributed by atoms with Gasteiger partial charge >= 0.3 is 0 Å². The van der Waals surface area contributed by atoms with Crippen LogP contribution in [0.3, 0.4) is 0 Å². The first-order valence-electron chi connectivity index (χ1n) is 11.0. The molecule has 0 aliphatic carbocycles. The predicted octanol–water partition coefficient (Wildman–Crippen LogP) is 5.13. The summed E-state index contributed by atoms with van der Waals surface area (Å²) in [6.07, 6.45) is 6.46. The zero-order valence-electron chi connectivity index (χ0n) is 19.0. The largest absolute Gasteiger partial charge is 0.493 e. The minimum absolute atomic E-state index is 0.324. The van der Waals surface area contributed by atoms with Crippen LogP contribution >= 0.6 is 0 Å². The van der Waals surface area contributed by atoms with Crippen LogP contribution in [-0.4, -0.2) is 31.9 Å². The first kappa shape index (κ1) is 24.3. The van der Waals surface area contributed by atoms with Crippen LogP contribution in [0.4, 0.5) is 0 Å². The van der Waals surface area contributed by atoms with Crippen LogP contribution in [-0.2, 0) is 11.2 Å². The normalized spacial score (nSPS) is 11.9. The van der Waals surface area contributed by atoms with Crippen LogP contribution in [0.15, 0.2) is 47.6 Å². The quantitative estimate of drug-likeness (QED) is 0.274. The van der Waals surface area contributed by atoms with Crippen molar-refractivity contribution in [1.82, 2.24) is 5.43 Å². The first-order valence-corrected chi connectivity index (χ1v) is 11.0. The average Bonchev–Trinajstić information content (AvgIpc) is 2.79. The van der Waals surface area contributed by atoms with Crippen LogP contribution < -0.4 is 19.6 Å². The van der Waals surface area contributed by atoms with Crippen molar-refractivity contribution < 1.29 is 19.0 Å². The molecule has 6 nitrogen and oxygen atoms in total. The minimum Gasteiger partial charge on any atom is -0.493 e. The summed E-state index contributed by atoms with van der Waals surface area (Å²) >= 11 is 0. The number of carbonyl (C=O) groups is 1. The third-order valence-corrected chi connectivity index (χ3v) is 4.85. The highest BCUT2D eigenvalue weighted by molar-refractivity contribution is 5.84. The molecule has 0 bridgehead atoms. The summed E-state index contributed by atoms with van der Waals surface area (Å²) < 4.78 is 16.9. The molecule has 168 valence electrons. The van der Waals surface area contributed by atoms with Gasteiger partial charge in [0.2, 0.25) is 0 Å². The molecule has 1 atom stereocenters. The van der Waals surface area contributed by atoms with Gasteiger partial charge in [-0.25, -0.2) is 5.43 Å². The Kier molecular flexibility index (Phi) is 10.4. The topological polar surface area (TPSA) is 69.2 Å². The predicted molar refractivity (Wildman–Crippen MR) is 124 cm³/mol. The fraction of sp³-hybridized carbons (Fsp3) is 0.440. The number of rotatable bonds is 13. The van der Waals surface area contributed by atoms with Crippen LogP contribution in [0.25, 0.3) is 0 Å². The zero-order chi connectivity index (χ0) is 22.5. The second-order valence-corrected chi connectivity index (χ2v) is 7.31. The van der Waals surface area contributed by atoms with Gasteiger partial charge in [0.15, 0.2) is 17.6 Å². The van der Waals surface area contributed by atoms with E-state index in [1.165, 1.54) is 18.4 Å². The van der Waals surface area contributed by atoms with E-state index in [2.05, 4.69) is 24.4 Å². The van der Waals surface area contributed by atoms with E-state index < -0.39 is 6.10 Å². The Morgan fingerprint density at radius 1 is 1.06 bits per heavy atom. The monoisotopic (exact) mass is 426 g/mol. The molecular formula is C25H34N2O4. The van der Waals surface area contributed by atoms with Crippen molar-refractivity contribution in [2.45, 2.75) is 59.0 Å². The Hall–Kier alpha value is -3.02. The molecule has 6 heteroatoms. The molecule has 0 spiro atoms. The van der Waals surface area contributed by atoms with E-state index in [0.717, 1.165) is 24.8 Å². The molecule has 0 radical (unpaired) electrons. The molecule has 0 aliphatic rings. The summed E-state index contributed by atoms with van der Waals surface area (Å²) in [6.45, 7) is 6.63. The standard InChI is InChI=1S/C25H34N2O4/c1-5-7-8-9-16-30-23-15-12-21(17-24(23)29-4)18-26-27-25(28)19(3)31-22-13-10-20(6-2)11-14-22/h10-15,17-19H,5-9,16H2,1-4H3,(H,27,28). The number of amides is 1. The summed E-state index contributed by atoms with van der Waals surface area (Å²) in [7, 11) is 1.61. The average molecular weight is 427 g/mol. The first-order chi connectivity index (χ1) is 15.1. The molecule has 0 heterocycles. The number of hydrogen-bond acceptors (Lipinski definition) is 5. The summed E-state index contributed by atoms with van der Waals surface area (Å²) in [6, 6.07) is 13.3. The number of aryl methyl sites for hydroxylation is 1. The lowest BCUT2D eigenvalue weighted by molar-refractivity contribution is -0.127. The van der Waals surface area contributed by atoms with E-state index in [9.17, 15) is 4.79 Å². The van der Waals surface area contributed by atoms with E-state index in [1.54, 1.807) is 20.2 Å². The van der Waals surface area contributed by atoms with Gasteiger partial charge in [-0.2, -0.15) is 5.10 Å². The number of ether oxygens (including phenoxy) is 3. The van der Waals surface area contributed by atoms with Crippen molar-refractivity contribution in [3.8, 4) is 17.2 Å². The Bertz CT molecular complexity index is 834. The molecule has 0 aliphatic heterocycles. The van der Waals surface area contributed by atoms with Gasteiger partial charge in [0.1, 0.15) is 5.75 Å². The Morgan fingerprint density at radius 3 is 2.52 bits per heavy atom. The molecule has 2 aromatic rings. The number of hydrogen-bond donors (Lipinski definition) is 1. The lowest BCUT2D eigenvalue weighted by Crippen LogP contribution is -2.33. The van der Waals surface area contributed by atoms with Crippen molar-refractivity contribution >= 4 is 12.1 Å². The summed E-state index contributed by atoms with van der Waals surface area (Å²) in [5, 5.41) is 4.03. The number of benzene rings is 2. The number of nitrogens with one attached hydrogen (secondary N) is 1.